The van der Waals surface area contributed by atoms with Crippen LogP contribution in [0.15, 0.2) is 11.5 Å². The number of anilines is 2. The summed E-state index contributed by atoms with van der Waals surface area (Å²) in [4.78, 5) is 30.8. The molecule has 0 unspecified atom stereocenters. The van der Waals surface area contributed by atoms with E-state index < -0.39 is 0 Å². The number of carbonyl (C=O) groups excluding carboxylic acids is 1. The van der Waals surface area contributed by atoms with Crippen LogP contribution in [0, 0.1) is 0 Å². The van der Waals surface area contributed by atoms with Crippen molar-refractivity contribution in [1.82, 2.24) is 29.7 Å². The first kappa shape index (κ1) is 18.3. The zero-order valence-electron chi connectivity index (χ0n) is 14.6. The summed E-state index contributed by atoms with van der Waals surface area (Å²) in [6.07, 6.45) is 1.51. The van der Waals surface area contributed by atoms with Crippen LogP contribution in [0.5, 0.6) is 0 Å². The van der Waals surface area contributed by atoms with Gasteiger partial charge in [0.15, 0.2) is 0 Å². The van der Waals surface area contributed by atoms with Crippen LogP contribution >= 0.6 is 11.8 Å². The van der Waals surface area contributed by atoms with Crippen LogP contribution in [-0.4, -0.2) is 81.4 Å². The van der Waals surface area contributed by atoms with Crippen LogP contribution in [0.1, 0.15) is 6.92 Å². The van der Waals surface area contributed by atoms with Crippen LogP contribution in [0.3, 0.4) is 0 Å². The Morgan fingerprint density at radius 2 is 2.08 bits per heavy atom. The molecule has 140 valence electrons. The van der Waals surface area contributed by atoms with Crippen molar-refractivity contribution in [1.29, 1.82) is 0 Å². The zero-order chi connectivity index (χ0) is 18.4. The molecule has 3 rings (SSSR count). The van der Waals surface area contributed by atoms with Gasteiger partial charge in [0.2, 0.25) is 17.1 Å². The molecule has 0 atom stereocenters. The molecule has 1 aliphatic rings. The fourth-order valence-corrected chi connectivity index (χ4v) is 2.82. The molecule has 0 amide bonds. The van der Waals surface area contributed by atoms with E-state index in [4.69, 9.17) is 4.74 Å². The van der Waals surface area contributed by atoms with E-state index in [0.717, 1.165) is 0 Å². The minimum Gasteiger partial charge on any atom is -0.468 e. The molecule has 0 radical (unpaired) electrons. The summed E-state index contributed by atoms with van der Waals surface area (Å²) in [5, 5.41) is 7.85. The lowest BCUT2D eigenvalue weighted by molar-refractivity contribution is -0.137. The van der Waals surface area contributed by atoms with Crippen molar-refractivity contribution in [3.8, 4) is 5.95 Å². The van der Waals surface area contributed by atoms with Crippen molar-refractivity contribution in [3.05, 3.63) is 6.33 Å². The van der Waals surface area contributed by atoms with E-state index in [1.807, 2.05) is 11.8 Å². The molecule has 26 heavy (non-hydrogen) atoms. The van der Waals surface area contributed by atoms with Crippen molar-refractivity contribution in [2.75, 3.05) is 55.9 Å². The lowest BCUT2D eigenvalue weighted by Gasteiger charge is -2.27. The highest BCUT2D eigenvalue weighted by molar-refractivity contribution is 7.99. The van der Waals surface area contributed by atoms with Gasteiger partial charge in [0.05, 0.1) is 26.1 Å². The van der Waals surface area contributed by atoms with Crippen molar-refractivity contribution in [2.45, 2.75) is 12.1 Å². The Balaban J connectivity index is 1.82. The SMILES string of the molecule is CCNc1nc(N2CCOCC2)nc(-n2cnc(SCC(=O)OC)n2)n1. The van der Waals surface area contributed by atoms with Gasteiger partial charge in [0.1, 0.15) is 6.33 Å². The summed E-state index contributed by atoms with van der Waals surface area (Å²) in [6, 6.07) is 0. The predicted octanol–water partition coefficient (Wildman–Crippen LogP) is -0.0142. The maximum Gasteiger partial charge on any atom is 0.316 e. The van der Waals surface area contributed by atoms with Gasteiger partial charge in [-0.2, -0.15) is 19.6 Å². The molecular formula is C14H20N8O3S. The Morgan fingerprint density at radius 3 is 2.81 bits per heavy atom. The van der Waals surface area contributed by atoms with Gasteiger partial charge in [0, 0.05) is 19.6 Å². The third-order valence-electron chi connectivity index (χ3n) is 3.46. The van der Waals surface area contributed by atoms with Crippen LogP contribution in [0.4, 0.5) is 11.9 Å². The first-order valence-corrected chi connectivity index (χ1v) is 9.12. The van der Waals surface area contributed by atoms with Crippen LogP contribution < -0.4 is 10.2 Å². The average Bonchev–Trinajstić information content (AvgIpc) is 3.16. The van der Waals surface area contributed by atoms with Crippen molar-refractivity contribution in [2.24, 2.45) is 0 Å². The summed E-state index contributed by atoms with van der Waals surface area (Å²) >= 11 is 1.18. The predicted molar refractivity (Wildman–Crippen MR) is 94.7 cm³/mol. The van der Waals surface area contributed by atoms with Crippen molar-refractivity contribution < 1.29 is 14.3 Å². The minimum absolute atomic E-state index is 0.138. The van der Waals surface area contributed by atoms with E-state index in [2.05, 4.69) is 35.1 Å². The third kappa shape index (κ3) is 4.58. The summed E-state index contributed by atoms with van der Waals surface area (Å²) in [6.45, 7) is 5.35. The number of nitrogens with one attached hydrogen (secondary N) is 1. The maximum atomic E-state index is 11.2. The molecule has 0 saturated carbocycles. The highest BCUT2D eigenvalue weighted by atomic mass is 32.2. The van der Waals surface area contributed by atoms with Crippen molar-refractivity contribution >= 4 is 29.6 Å². The van der Waals surface area contributed by atoms with Gasteiger partial charge in [-0.1, -0.05) is 11.8 Å². The van der Waals surface area contributed by atoms with Gasteiger partial charge in [-0.05, 0) is 6.92 Å². The van der Waals surface area contributed by atoms with Gasteiger partial charge in [-0.15, -0.1) is 5.10 Å². The lowest BCUT2D eigenvalue weighted by Crippen LogP contribution is -2.37. The molecule has 12 heteroatoms. The number of hydrogen-bond acceptors (Lipinski definition) is 11. The number of thioether (sulfide) groups is 1. The first-order chi connectivity index (χ1) is 12.7. The zero-order valence-corrected chi connectivity index (χ0v) is 15.4. The van der Waals surface area contributed by atoms with Gasteiger partial charge in [0.25, 0.3) is 5.95 Å². The van der Waals surface area contributed by atoms with Gasteiger partial charge in [-0.25, -0.2) is 4.98 Å². The molecule has 11 nitrogen and oxygen atoms in total. The highest BCUT2D eigenvalue weighted by Gasteiger charge is 2.18. The second-order valence-corrected chi connectivity index (χ2v) is 6.17. The fraction of sp³-hybridized carbons (Fsp3) is 0.571. The Morgan fingerprint density at radius 1 is 1.31 bits per heavy atom. The Hall–Kier alpha value is -2.47. The summed E-state index contributed by atoms with van der Waals surface area (Å²) < 4.78 is 11.5. The summed E-state index contributed by atoms with van der Waals surface area (Å²) in [5.74, 6) is 1.19. The second kappa shape index (κ2) is 8.76. The molecule has 1 saturated heterocycles. The molecule has 0 aliphatic carbocycles. The number of ether oxygens (including phenoxy) is 2. The van der Waals surface area contributed by atoms with Crippen LogP contribution in [0.2, 0.25) is 0 Å². The topological polar surface area (TPSA) is 120 Å². The smallest absolute Gasteiger partial charge is 0.316 e. The highest BCUT2D eigenvalue weighted by Crippen LogP contribution is 2.16. The standard InChI is InChI=1S/C14H20N8O3S/c1-3-15-11-17-12(21-4-6-25-7-5-21)19-13(18-11)22-9-16-14(20-22)26-8-10(23)24-2/h9H,3-8H2,1-2H3,(H,15,17,18,19). The average molecular weight is 380 g/mol. The van der Waals surface area contributed by atoms with E-state index in [1.54, 1.807) is 0 Å². The molecule has 2 aromatic heterocycles. The van der Waals surface area contributed by atoms with E-state index in [-0.39, 0.29) is 11.7 Å². The monoisotopic (exact) mass is 380 g/mol. The molecule has 3 heterocycles. The molecule has 1 N–H and O–H groups in total. The number of hydrogen-bond donors (Lipinski definition) is 1. The van der Waals surface area contributed by atoms with Gasteiger partial charge < -0.3 is 19.7 Å². The summed E-state index contributed by atoms with van der Waals surface area (Å²) in [5.41, 5.74) is 0. The Bertz CT molecular complexity index is 750. The molecular weight excluding hydrogens is 360 g/mol. The number of nitrogens with zero attached hydrogens (tertiary/aromatic N) is 7. The normalized spacial score (nSPS) is 14.3. The van der Waals surface area contributed by atoms with E-state index >= 15 is 0 Å². The number of esters is 1. The maximum absolute atomic E-state index is 11.2. The largest absolute Gasteiger partial charge is 0.468 e. The first-order valence-electron chi connectivity index (χ1n) is 8.14. The lowest BCUT2D eigenvalue weighted by atomic mass is 10.4. The molecule has 0 bridgehead atoms. The molecule has 2 aromatic rings. The van der Waals surface area contributed by atoms with Gasteiger partial charge in [-0.3, -0.25) is 4.79 Å². The molecule has 0 spiro atoms. The third-order valence-corrected chi connectivity index (χ3v) is 4.29. The molecule has 0 aromatic carbocycles. The number of rotatable bonds is 7. The van der Waals surface area contributed by atoms with E-state index in [0.29, 0.717) is 55.8 Å². The van der Waals surface area contributed by atoms with Crippen LogP contribution in [0.25, 0.3) is 5.95 Å². The Labute approximate surface area is 154 Å². The van der Waals surface area contributed by atoms with Crippen molar-refractivity contribution in [3.63, 3.8) is 0 Å². The quantitative estimate of drug-likeness (QED) is 0.515. The minimum atomic E-state index is -0.337. The number of carbonyl (C=O) groups is 1. The van der Waals surface area contributed by atoms with Gasteiger partial charge >= 0.3 is 5.97 Å². The van der Waals surface area contributed by atoms with E-state index in [9.17, 15) is 4.79 Å². The molecule has 1 aliphatic heterocycles. The second-order valence-electron chi connectivity index (χ2n) is 5.23. The van der Waals surface area contributed by atoms with Crippen LogP contribution in [-0.2, 0) is 14.3 Å². The summed E-state index contributed by atoms with van der Waals surface area (Å²) in [7, 11) is 1.34. The Kier molecular flexibility index (Phi) is 6.17. The number of aromatic nitrogens is 6. The number of methoxy groups -OCH3 is 1. The molecule has 1 fully saturated rings. The van der Waals surface area contributed by atoms with E-state index in [1.165, 1.54) is 29.9 Å². The number of morpholine rings is 1. The fourth-order valence-electron chi connectivity index (χ4n) is 2.19.